The van der Waals surface area contributed by atoms with Gasteiger partial charge in [-0.25, -0.2) is 9.97 Å². The Kier molecular flexibility index (Phi) is 7.48. The van der Waals surface area contributed by atoms with Crippen LogP contribution in [0.1, 0.15) is 68.3 Å². The smallest absolute Gasteiger partial charge is 0.236 e. The second kappa shape index (κ2) is 10.3. The molecule has 0 bridgehead atoms. The van der Waals surface area contributed by atoms with E-state index in [1.54, 1.807) is 14.2 Å². The topological polar surface area (TPSA) is 96.6 Å². The molecule has 2 aliphatic rings. The van der Waals surface area contributed by atoms with E-state index in [-0.39, 0.29) is 23.9 Å². The molecule has 8 nitrogen and oxygen atoms in total. The minimum atomic E-state index is -0.174. The number of likely N-dealkylation sites (tertiary alicyclic amines) is 1. The van der Waals surface area contributed by atoms with Crippen LogP contribution in [0.4, 0.5) is 11.6 Å². The van der Waals surface area contributed by atoms with Crippen LogP contribution < -0.4 is 20.7 Å². The number of ether oxygens (including phenoxy) is 1. The van der Waals surface area contributed by atoms with Gasteiger partial charge in [0.05, 0.1) is 24.8 Å². The molecule has 1 amide bonds. The number of benzene rings is 1. The van der Waals surface area contributed by atoms with Crippen molar-refractivity contribution in [2.75, 3.05) is 44.4 Å². The molecule has 9 heteroatoms. The number of carbonyl (C=O) groups is 1. The summed E-state index contributed by atoms with van der Waals surface area (Å²) >= 11 is 6.83. The first-order valence-corrected chi connectivity index (χ1v) is 12.9. The third kappa shape index (κ3) is 4.30. The molecule has 0 aliphatic carbocycles. The van der Waals surface area contributed by atoms with Crippen molar-refractivity contribution in [2.24, 2.45) is 0 Å². The summed E-state index contributed by atoms with van der Waals surface area (Å²) in [6.45, 7) is 12.7. The van der Waals surface area contributed by atoms with Gasteiger partial charge in [-0.2, -0.15) is 0 Å². The number of rotatable bonds is 7. The van der Waals surface area contributed by atoms with E-state index in [2.05, 4.69) is 45.9 Å². The van der Waals surface area contributed by atoms with Crippen LogP contribution in [0.2, 0.25) is 5.02 Å². The lowest BCUT2D eigenvalue weighted by Crippen LogP contribution is -2.54. The van der Waals surface area contributed by atoms with E-state index in [0.29, 0.717) is 10.8 Å². The van der Waals surface area contributed by atoms with Gasteiger partial charge >= 0.3 is 0 Å². The first-order valence-electron chi connectivity index (χ1n) is 12.5. The van der Waals surface area contributed by atoms with Crippen molar-refractivity contribution in [1.82, 2.24) is 20.2 Å². The van der Waals surface area contributed by atoms with Crippen LogP contribution in [0, 0.1) is 6.92 Å². The maximum Gasteiger partial charge on any atom is 0.236 e. The first kappa shape index (κ1) is 26.2. The van der Waals surface area contributed by atoms with Gasteiger partial charge < -0.3 is 20.7 Å². The van der Waals surface area contributed by atoms with Crippen molar-refractivity contribution in [3.63, 3.8) is 0 Å². The first-order chi connectivity index (χ1) is 17.1. The Balaban J connectivity index is 1.74. The molecule has 2 unspecified atom stereocenters. The van der Waals surface area contributed by atoms with Gasteiger partial charge in [-0.05, 0) is 56.9 Å². The summed E-state index contributed by atoms with van der Waals surface area (Å²) in [5.74, 6) is 2.44. The maximum absolute atomic E-state index is 12.1. The molecule has 0 radical (unpaired) electrons. The summed E-state index contributed by atoms with van der Waals surface area (Å²) in [5, 5.41) is 3.46. The van der Waals surface area contributed by atoms with Crippen LogP contribution in [0.15, 0.2) is 18.0 Å². The minimum absolute atomic E-state index is 0.0256. The highest BCUT2D eigenvalue weighted by atomic mass is 35.5. The molecule has 3 N–H and O–H groups in total. The molecule has 0 spiro atoms. The van der Waals surface area contributed by atoms with E-state index in [1.807, 2.05) is 19.9 Å². The third-order valence-electron chi connectivity index (χ3n) is 7.99. The molecule has 2 aliphatic heterocycles. The zero-order valence-electron chi connectivity index (χ0n) is 22.3. The van der Waals surface area contributed by atoms with E-state index >= 15 is 0 Å². The molecule has 2 atom stereocenters. The summed E-state index contributed by atoms with van der Waals surface area (Å²) < 4.78 is 6.08. The number of nitrogens with two attached hydrogens (primary N) is 1. The summed E-state index contributed by atoms with van der Waals surface area (Å²) in [4.78, 5) is 25.5. The van der Waals surface area contributed by atoms with Gasteiger partial charge in [-0.3, -0.25) is 9.69 Å². The third-order valence-corrected chi connectivity index (χ3v) is 8.38. The lowest BCUT2D eigenvalue weighted by atomic mass is 9.84. The molecule has 36 heavy (non-hydrogen) atoms. The Morgan fingerprint density at radius 3 is 2.61 bits per heavy atom. The Hall–Kier alpha value is -2.84. The van der Waals surface area contributed by atoms with Crippen LogP contribution in [0.25, 0.3) is 5.57 Å². The van der Waals surface area contributed by atoms with Gasteiger partial charge in [0.25, 0.3) is 0 Å². The summed E-state index contributed by atoms with van der Waals surface area (Å²) in [7, 11) is 3.39. The van der Waals surface area contributed by atoms with Crippen molar-refractivity contribution in [1.29, 1.82) is 0 Å². The molecule has 1 fully saturated rings. The Morgan fingerprint density at radius 2 is 2.00 bits per heavy atom. The highest BCUT2D eigenvalue weighted by Crippen LogP contribution is 2.47. The van der Waals surface area contributed by atoms with Gasteiger partial charge in [0.2, 0.25) is 5.91 Å². The second-order valence-corrected chi connectivity index (χ2v) is 10.2. The van der Waals surface area contributed by atoms with Crippen molar-refractivity contribution in [2.45, 2.75) is 59.0 Å². The number of fused-ring (bicyclic) bond motifs is 1. The van der Waals surface area contributed by atoms with Crippen LogP contribution in [-0.4, -0.2) is 60.6 Å². The number of methoxy groups -OCH3 is 1. The van der Waals surface area contributed by atoms with Crippen molar-refractivity contribution in [3.05, 3.63) is 45.2 Å². The number of hydrogen-bond donors (Lipinski definition) is 2. The quantitative estimate of drug-likeness (QED) is 0.570. The Bertz CT molecular complexity index is 1210. The highest BCUT2D eigenvalue weighted by Gasteiger charge is 2.38. The van der Waals surface area contributed by atoms with E-state index in [0.717, 1.165) is 65.4 Å². The molecule has 1 aromatic carbocycles. The number of nitrogens with zero attached hydrogens (tertiary/aromatic N) is 4. The lowest BCUT2D eigenvalue weighted by Gasteiger charge is -2.44. The number of anilines is 2. The molecule has 3 heterocycles. The fourth-order valence-corrected chi connectivity index (χ4v) is 5.81. The number of amides is 1. The minimum Gasteiger partial charge on any atom is -0.496 e. The van der Waals surface area contributed by atoms with Crippen LogP contribution in [-0.2, 0) is 4.79 Å². The molecule has 2 aromatic rings. The number of nitrogens with one attached hydrogen (secondary N) is 1. The Morgan fingerprint density at radius 1 is 1.31 bits per heavy atom. The molecular formula is C27H37ClN6O2. The van der Waals surface area contributed by atoms with Crippen molar-refractivity contribution < 1.29 is 9.53 Å². The fourth-order valence-electron chi connectivity index (χ4n) is 5.59. The van der Waals surface area contributed by atoms with E-state index < -0.39 is 0 Å². The molecule has 1 aromatic heterocycles. The predicted molar refractivity (Wildman–Crippen MR) is 146 cm³/mol. The van der Waals surface area contributed by atoms with Gasteiger partial charge in [0, 0.05) is 48.7 Å². The summed E-state index contributed by atoms with van der Waals surface area (Å²) in [6, 6.07) is 1.78. The van der Waals surface area contributed by atoms with E-state index in [4.69, 9.17) is 22.1 Å². The highest BCUT2D eigenvalue weighted by molar-refractivity contribution is 6.31. The summed E-state index contributed by atoms with van der Waals surface area (Å²) in [6.07, 6.45) is 2.45. The van der Waals surface area contributed by atoms with Crippen molar-refractivity contribution >= 4 is 34.7 Å². The number of allylic oxidation sites excluding steroid dienone is 1. The summed E-state index contributed by atoms with van der Waals surface area (Å²) in [5.41, 5.74) is 12.8. The monoisotopic (exact) mass is 512 g/mol. The predicted octanol–water partition coefficient (Wildman–Crippen LogP) is 4.33. The number of carbonyl (C=O) groups excluding carboxylic acids is 1. The Labute approximate surface area is 218 Å². The fraction of sp³-hybridized carbons (Fsp3) is 0.519. The molecular weight excluding hydrogens is 476 g/mol. The average Bonchev–Trinajstić information content (AvgIpc) is 2.84. The van der Waals surface area contributed by atoms with Crippen LogP contribution >= 0.6 is 11.6 Å². The largest absolute Gasteiger partial charge is 0.496 e. The standard InChI is InChI=1S/C27H37ClN6O2/c1-8-18-12-34(26-23(14(18)2)25(29)31-13-32-26)16(4)20-9-21(28)15(3)22(24(20)36-7)19-10-33(11-19)17(5)27(35)30-6/h9,13,16-17,19H,8,10-12H2,1-7H3,(H,30,35)(H2,29,31,32). The number of hydrogen-bond acceptors (Lipinski definition) is 7. The maximum atomic E-state index is 12.1. The van der Waals surface area contributed by atoms with Gasteiger partial charge in [0.1, 0.15) is 23.7 Å². The average molecular weight is 513 g/mol. The normalized spacial score (nSPS) is 17.9. The number of likely N-dealkylation sites (N-methyl/N-ethyl adjacent to an activating group) is 1. The number of nitrogen functional groups attached to an aromatic ring is 1. The van der Waals surface area contributed by atoms with Gasteiger partial charge in [-0.15, -0.1) is 0 Å². The van der Waals surface area contributed by atoms with Crippen LogP contribution in [0.5, 0.6) is 5.75 Å². The van der Waals surface area contributed by atoms with Crippen LogP contribution in [0.3, 0.4) is 0 Å². The number of halogens is 1. The molecule has 0 saturated carbocycles. The molecule has 194 valence electrons. The van der Waals surface area contributed by atoms with Crippen molar-refractivity contribution in [3.8, 4) is 5.75 Å². The van der Waals surface area contributed by atoms with Gasteiger partial charge in [-0.1, -0.05) is 18.5 Å². The second-order valence-electron chi connectivity index (χ2n) is 9.80. The van der Waals surface area contributed by atoms with E-state index in [1.165, 1.54) is 11.9 Å². The molecule has 1 saturated heterocycles. The van der Waals surface area contributed by atoms with Gasteiger partial charge in [0.15, 0.2) is 0 Å². The lowest BCUT2D eigenvalue weighted by molar-refractivity contribution is -0.127. The van der Waals surface area contributed by atoms with E-state index in [9.17, 15) is 4.79 Å². The zero-order chi connectivity index (χ0) is 26.3. The number of aromatic nitrogens is 2. The zero-order valence-corrected chi connectivity index (χ0v) is 23.0. The molecule has 4 rings (SSSR count). The SMILES string of the molecule is CCC1=C(C)c2c(N)ncnc2N(C(C)c2cc(Cl)c(C)c(C3CN(C(C)C(=O)NC)C3)c2OC)C1.